The lowest BCUT2D eigenvalue weighted by Crippen LogP contribution is -2.33. The van der Waals surface area contributed by atoms with Crippen LogP contribution in [0, 0.1) is 0 Å². The maximum Gasteiger partial charge on any atom is 0.111 e. The van der Waals surface area contributed by atoms with Crippen molar-refractivity contribution in [2.45, 2.75) is 52.2 Å². The summed E-state index contributed by atoms with van der Waals surface area (Å²) in [5, 5.41) is 0. The Balaban J connectivity index is 4.10. The topological polar surface area (TPSA) is 59.6 Å². The number of nitrogens with one attached hydrogen (secondary N) is 1. The third-order valence-corrected chi connectivity index (χ3v) is 1.83. The molecular weight excluding hydrogens is 178 g/mol. The van der Waals surface area contributed by atoms with Crippen LogP contribution in [-0.2, 0) is 4.74 Å². The van der Waals surface area contributed by atoms with Gasteiger partial charge in [-0.15, -0.1) is 0 Å². The van der Waals surface area contributed by atoms with Gasteiger partial charge in [0.15, 0.2) is 0 Å². The minimum atomic E-state index is -0.0853. The Labute approximate surface area is 86.9 Å². The third kappa shape index (κ3) is 6.86. The number of ether oxygens (including phenoxy) is 1. The average Bonchev–Trinajstić information content (AvgIpc) is 2.09. The summed E-state index contributed by atoms with van der Waals surface area (Å²) in [6.45, 7) is 8.17. The lowest BCUT2D eigenvalue weighted by molar-refractivity contribution is 0.112. The molecule has 0 heterocycles. The molecule has 0 aromatic rings. The van der Waals surface area contributed by atoms with Crippen LogP contribution in [0.15, 0.2) is 4.99 Å². The molecule has 84 valence electrons. The van der Waals surface area contributed by atoms with Crippen molar-refractivity contribution in [3.05, 3.63) is 0 Å². The molecule has 0 aliphatic heterocycles. The highest BCUT2D eigenvalue weighted by Gasteiger charge is 2.10. The van der Waals surface area contributed by atoms with E-state index >= 15 is 0 Å². The van der Waals surface area contributed by atoms with E-state index in [9.17, 15) is 0 Å². The first-order valence-electron chi connectivity index (χ1n) is 4.97. The average molecular weight is 201 g/mol. The van der Waals surface area contributed by atoms with E-state index < -0.39 is 0 Å². The van der Waals surface area contributed by atoms with Gasteiger partial charge in [0, 0.05) is 13.5 Å². The second kappa shape index (κ2) is 5.98. The predicted molar refractivity (Wildman–Crippen MR) is 60.2 cm³/mol. The molecule has 4 nitrogen and oxygen atoms in total. The summed E-state index contributed by atoms with van der Waals surface area (Å²) in [7, 11) is 1.71. The molecule has 0 rings (SSSR count). The Hall–Kier alpha value is -0.610. The fraction of sp³-hybridized carbons (Fsp3) is 0.900. The van der Waals surface area contributed by atoms with Gasteiger partial charge in [-0.1, -0.05) is 0 Å². The fourth-order valence-electron chi connectivity index (χ4n) is 1.02. The van der Waals surface area contributed by atoms with Gasteiger partial charge in [0.25, 0.3) is 0 Å². The van der Waals surface area contributed by atoms with Crippen molar-refractivity contribution in [1.29, 1.82) is 0 Å². The molecule has 0 aliphatic carbocycles. The number of hydrogen-bond acceptors (Lipinski definition) is 3. The molecule has 1 atom stereocenters. The third-order valence-electron chi connectivity index (χ3n) is 1.83. The predicted octanol–water partition coefficient (Wildman–Crippen LogP) is 1.46. The van der Waals surface area contributed by atoms with Crippen LogP contribution < -0.4 is 11.3 Å². The Morgan fingerprint density at radius 3 is 2.43 bits per heavy atom. The summed E-state index contributed by atoms with van der Waals surface area (Å²) in [6, 6.07) is 0. The molecule has 0 spiro atoms. The van der Waals surface area contributed by atoms with Gasteiger partial charge in [-0.3, -0.25) is 4.99 Å². The largest absolute Gasteiger partial charge is 0.382 e. The summed E-state index contributed by atoms with van der Waals surface area (Å²) < 4.78 is 5.15. The van der Waals surface area contributed by atoms with Gasteiger partial charge in [-0.2, -0.15) is 0 Å². The summed E-state index contributed by atoms with van der Waals surface area (Å²) in [4.78, 5) is 4.46. The fourth-order valence-corrected chi connectivity index (χ4v) is 1.02. The van der Waals surface area contributed by atoms with Crippen LogP contribution in [-0.4, -0.2) is 24.6 Å². The zero-order chi connectivity index (χ0) is 11.2. The number of nitrogens with two attached hydrogens (primary N) is 1. The van der Waals surface area contributed by atoms with E-state index in [-0.39, 0.29) is 11.6 Å². The van der Waals surface area contributed by atoms with Crippen molar-refractivity contribution < 1.29 is 4.74 Å². The number of nitrogens with zero attached hydrogens (tertiary/aromatic N) is 1. The van der Waals surface area contributed by atoms with E-state index in [4.69, 9.17) is 10.6 Å². The molecule has 0 saturated carbocycles. The van der Waals surface area contributed by atoms with Gasteiger partial charge >= 0.3 is 0 Å². The number of rotatable bonds is 4. The summed E-state index contributed by atoms with van der Waals surface area (Å²) in [6.07, 6.45) is 1.99. The summed E-state index contributed by atoms with van der Waals surface area (Å²) in [5.41, 5.74) is 2.55. The van der Waals surface area contributed by atoms with E-state index in [1.54, 1.807) is 7.11 Å². The van der Waals surface area contributed by atoms with E-state index in [1.165, 1.54) is 0 Å². The summed E-state index contributed by atoms with van der Waals surface area (Å²) in [5.74, 6) is 6.22. The molecule has 1 unspecified atom stereocenters. The molecule has 0 aliphatic rings. The lowest BCUT2D eigenvalue weighted by Gasteiger charge is -2.16. The smallest absolute Gasteiger partial charge is 0.111 e. The van der Waals surface area contributed by atoms with E-state index in [0.717, 1.165) is 18.7 Å². The van der Waals surface area contributed by atoms with Crippen molar-refractivity contribution in [1.82, 2.24) is 5.43 Å². The van der Waals surface area contributed by atoms with Gasteiger partial charge < -0.3 is 10.2 Å². The zero-order valence-corrected chi connectivity index (χ0v) is 9.92. The van der Waals surface area contributed by atoms with E-state index in [2.05, 4.69) is 10.4 Å². The highest BCUT2D eigenvalue weighted by Crippen LogP contribution is 2.08. The maximum atomic E-state index is 5.39. The van der Waals surface area contributed by atoms with E-state index in [1.807, 2.05) is 27.7 Å². The molecule has 0 fully saturated rings. The van der Waals surface area contributed by atoms with Crippen LogP contribution >= 0.6 is 0 Å². The highest BCUT2D eigenvalue weighted by atomic mass is 16.5. The van der Waals surface area contributed by atoms with Crippen molar-refractivity contribution in [3.63, 3.8) is 0 Å². The monoisotopic (exact) mass is 201 g/mol. The van der Waals surface area contributed by atoms with Crippen LogP contribution in [0.4, 0.5) is 0 Å². The van der Waals surface area contributed by atoms with Gasteiger partial charge in [0.1, 0.15) is 5.84 Å². The molecule has 0 radical (unpaired) electrons. The van der Waals surface area contributed by atoms with Gasteiger partial charge in [0.05, 0.1) is 11.6 Å². The van der Waals surface area contributed by atoms with Crippen molar-refractivity contribution in [2.24, 2.45) is 10.8 Å². The van der Waals surface area contributed by atoms with Crippen molar-refractivity contribution >= 4 is 5.84 Å². The number of aliphatic imine (C=N–C) groups is 1. The van der Waals surface area contributed by atoms with Crippen LogP contribution in [0.5, 0.6) is 0 Å². The Bertz CT molecular complexity index is 184. The van der Waals surface area contributed by atoms with Crippen molar-refractivity contribution in [2.75, 3.05) is 7.11 Å². The first-order valence-corrected chi connectivity index (χ1v) is 4.97. The van der Waals surface area contributed by atoms with Crippen LogP contribution in [0.2, 0.25) is 0 Å². The molecule has 0 amide bonds. The molecule has 14 heavy (non-hydrogen) atoms. The Kier molecular flexibility index (Phi) is 5.72. The minimum absolute atomic E-state index is 0.0853. The first-order chi connectivity index (χ1) is 6.39. The second-order valence-corrected chi connectivity index (χ2v) is 4.46. The number of amidine groups is 1. The molecule has 3 N–H and O–H groups in total. The minimum Gasteiger partial charge on any atom is -0.382 e. The number of hydrogen-bond donors (Lipinski definition) is 2. The molecule has 0 aromatic heterocycles. The normalized spacial score (nSPS) is 15.4. The van der Waals surface area contributed by atoms with Gasteiger partial charge in [-0.25, -0.2) is 5.84 Å². The lowest BCUT2D eigenvalue weighted by atomic mass is 10.1. The second-order valence-electron chi connectivity index (χ2n) is 4.46. The first kappa shape index (κ1) is 13.4. The Morgan fingerprint density at radius 1 is 1.50 bits per heavy atom. The molecule has 0 bridgehead atoms. The molecular formula is C10H23N3O. The van der Waals surface area contributed by atoms with Crippen LogP contribution in [0.25, 0.3) is 0 Å². The maximum absolute atomic E-state index is 5.39. The van der Waals surface area contributed by atoms with E-state index in [0.29, 0.717) is 0 Å². The van der Waals surface area contributed by atoms with Crippen LogP contribution in [0.1, 0.15) is 40.5 Å². The summed E-state index contributed by atoms with van der Waals surface area (Å²) >= 11 is 0. The molecule has 0 aromatic carbocycles. The SMILES string of the molecule is COC(C)CCC(=NC(C)(C)C)NN. The van der Waals surface area contributed by atoms with Crippen LogP contribution in [0.3, 0.4) is 0 Å². The zero-order valence-electron chi connectivity index (χ0n) is 9.92. The quantitative estimate of drug-likeness (QED) is 0.313. The number of hydrazine groups is 1. The van der Waals surface area contributed by atoms with Gasteiger partial charge in [0.2, 0.25) is 0 Å². The molecule has 4 heteroatoms. The van der Waals surface area contributed by atoms with Crippen molar-refractivity contribution in [3.8, 4) is 0 Å². The Morgan fingerprint density at radius 2 is 2.07 bits per heavy atom. The molecule has 0 saturated heterocycles. The number of methoxy groups -OCH3 is 1. The highest BCUT2D eigenvalue weighted by molar-refractivity contribution is 5.81. The standard InChI is InChI=1S/C10H23N3O/c1-8(14-5)6-7-9(13-11)12-10(2,3)4/h8H,6-7,11H2,1-5H3,(H,12,13). The van der Waals surface area contributed by atoms with Gasteiger partial charge in [-0.05, 0) is 34.1 Å².